The molecule has 212 valence electrons. The maximum atomic E-state index is 2.42. The zero-order valence-electron chi connectivity index (χ0n) is 24.7. The van der Waals surface area contributed by atoms with Gasteiger partial charge in [-0.3, -0.25) is 0 Å². The van der Waals surface area contributed by atoms with Crippen LogP contribution in [-0.4, -0.2) is 0 Å². The molecule has 0 bridgehead atoms. The fourth-order valence-electron chi connectivity index (χ4n) is 6.39. The molecule has 0 heterocycles. The van der Waals surface area contributed by atoms with Crippen molar-refractivity contribution in [2.75, 3.05) is 0 Å². The quantitative estimate of drug-likeness (QED) is 0.131. The second-order valence-electron chi connectivity index (χ2n) is 10.9. The molecule has 2 unspecified atom stereocenters. The van der Waals surface area contributed by atoms with Crippen molar-refractivity contribution in [2.45, 2.75) is 24.7 Å². The highest BCUT2D eigenvalue weighted by molar-refractivity contribution is 7.74. The Morgan fingerprint density at radius 2 is 0.581 bits per heavy atom. The first-order valence-corrected chi connectivity index (χ1v) is 18.1. The maximum absolute atomic E-state index is 2.42. The SMILES string of the molecule is CCC(C(c1ccccc1)P(c1ccccc1)c1ccccc1)C(c1ccccc1)P(c1ccccc1)c1ccccc1. The molecule has 0 radical (unpaired) electrons. The fraction of sp³-hybridized carbons (Fsp3) is 0.122. The zero-order valence-corrected chi connectivity index (χ0v) is 26.4. The minimum absolute atomic E-state index is 0.327. The van der Waals surface area contributed by atoms with Gasteiger partial charge in [0.25, 0.3) is 0 Å². The molecular weight excluding hydrogens is 554 g/mol. The number of hydrogen-bond donors (Lipinski definition) is 0. The van der Waals surface area contributed by atoms with Gasteiger partial charge in [-0.05, 0) is 54.1 Å². The van der Waals surface area contributed by atoms with Gasteiger partial charge >= 0.3 is 0 Å². The van der Waals surface area contributed by atoms with Gasteiger partial charge in [0.1, 0.15) is 0 Å². The summed E-state index contributed by atoms with van der Waals surface area (Å²) in [5.41, 5.74) is 3.53. The van der Waals surface area contributed by atoms with E-state index in [0.717, 1.165) is 6.42 Å². The summed E-state index contributed by atoms with van der Waals surface area (Å²) in [4.78, 5) is 0. The summed E-state index contributed by atoms with van der Waals surface area (Å²) < 4.78 is 0. The summed E-state index contributed by atoms with van der Waals surface area (Å²) >= 11 is 0. The molecular formula is C41H38P2. The van der Waals surface area contributed by atoms with E-state index in [-0.39, 0.29) is 0 Å². The summed E-state index contributed by atoms with van der Waals surface area (Å²) in [6.07, 6.45) is 1.08. The van der Waals surface area contributed by atoms with Crippen molar-refractivity contribution in [1.82, 2.24) is 0 Å². The molecule has 0 nitrogen and oxygen atoms in total. The molecule has 6 rings (SSSR count). The van der Waals surface area contributed by atoms with Crippen molar-refractivity contribution >= 4 is 37.1 Å². The number of benzene rings is 6. The Morgan fingerprint density at radius 1 is 0.349 bits per heavy atom. The molecule has 0 spiro atoms. The molecule has 0 aliphatic rings. The Hall–Kier alpha value is -3.82. The highest BCUT2D eigenvalue weighted by atomic mass is 31.1. The Balaban J connectivity index is 1.62. The van der Waals surface area contributed by atoms with Gasteiger partial charge < -0.3 is 0 Å². The Labute approximate surface area is 260 Å². The van der Waals surface area contributed by atoms with Gasteiger partial charge in [0.15, 0.2) is 0 Å². The number of rotatable bonds is 11. The maximum Gasteiger partial charge on any atom is 0.0160 e. The van der Waals surface area contributed by atoms with Crippen LogP contribution in [0, 0.1) is 5.92 Å². The Bertz CT molecular complexity index is 1430. The molecule has 2 heteroatoms. The van der Waals surface area contributed by atoms with E-state index in [1.165, 1.54) is 32.3 Å². The minimum atomic E-state index is -0.711. The van der Waals surface area contributed by atoms with Crippen LogP contribution in [0.3, 0.4) is 0 Å². The molecule has 0 N–H and O–H groups in total. The average Bonchev–Trinajstić information content (AvgIpc) is 3.10. The lowest BCUT2D eigenvalue weighted by atomic mass is 9.89. The summed E-state index contributed by atoms with van der Waals surface area (Å²) in [5, 5.41) is 5.75. The van der Waals surface area contributed by atoms with E-state index in [1.54, 1.807) is 0 Å². The van der Waals surface area contributed by atoms with Gasteiger partial charge in [-0.15, -0.1) is 0 Å². The highest BCUT2D eigenvalue weighted by Gasteiger charge is 2.41. The first-order chi connectivity index (χ1) is 21.3. The lowest BCUT2D eigenvalue weighted by Crippen LogP contribution is -2.29. The third kappa shape index (κ3) is 6.73. The van der Waals surface area contributed by atoms with Crippen LogP contribution in [0.4, 0.5) is 0 Å². The van der Waals surface area contributed by atoms with E-state index >= 15 is 0 Å². The topological polar surface area (TPSA) is 0 Å². The fourth-order valence-corrected chi connectivity index (χ4v) is 12.9. The van der Waals surface area contributed by atoms with Crippen LogP contribution in [0.25, 0.3) is 0 Å². The normalized spacial score (nSPS) is 13.5. The highest BCUT2D eigenvalue weighted by Crippen LogP contribution is 2.64. The van der Waals surface area contributed by atoms with Gasteiger partial charge in [0, 0.05) is 11.3 Å². The van der Waals surface area contributed by atoms with E-state index < -0.39 is 15.8 Å². The van der Waals surface area contributed by atoms with Gasteiger partial charge in [0.05, 0.1) is 0 Å². The molecule has 0 aliphatic carbocycles. The molecule has 0 fully saturated rings. The van der Waals surface area contributed by atoms with E-state index in [4.69, 9.17) is 0 Å². The minimum Gasteiger partial charge on any atom is -0.0650 e. The van der Waals surface area contributed by atoms with Crippen LogP contribution in [0.1, 0.15) is 35.8 Å². The van der Waals surface area contributed by atoms with E-state index in [1.807, 2.05) is 0 Å². The lowest BCUT2D eigenvalue weighted by Gasteiger charge is -2.42. The van der Waals surface area contributed by atoms with E-state index in [2.05, 4.69) is 189 Å². The van der Waals surface area contributed by atoms with Crippen LogP contribution in [0.2, 0.25) is 0 Å². The molecule has 2 atom stereocenters. The lowest BCUT2D eigenvalue weighted by molar-refractivity contribution is 0.478. The van der Waals surface area contributed by atoms with Gasteiger partial charge in [-0.1, -0.05) is 195 Å². The first-order valence-electron chi connectivity index (χ1n) is 15.2. The first kappa shape index (κ1) is 29.3. The van der Waals surface area contributed by atoms with E-state index in [9.17, 15) is 0 Å². The summed E-state index contributed by atoms with van der Waals surface area (Å²) in [5.74, 6) is 0.392. The van der Waals surface area contributed by atoms with Crippen molar-refractivity contribution in [2.24, 2.45) is 5.92 Å². The molecule has 43 heavy (non-hydrogen) atoms. The van der Waals surface area contributed by atoms with Crippen LogP contribution in [-0.2, 0) is 0 Å². The largest absolute Gasteiger partial charge is 0.0650 e. The van der Waals surface area contributed by atoms with Gasteiger partial charge in [-0.25, -0.2) is 0 Å². The van der Waals surface area contributed by atoms with Crippen molar-refractivity contribution < 1.29 is 0 Å². The van der Waals surface area contributed by atoms with Gasteiger partial charge in [0.2, 0.25) is 0 Å². The van der Waals surface area contributed by atoms with Gasteiger partial charge in [-0.2, -0.15) is 0 Å². The zero-order chi connectivity index (χ0) is 29.3. The molecule has 0 aromatic heterocycles. The second kappa shape index (κ2) is 14.6. The standard InChI is InChI=1S/C41H38P2/c1-2-39(40(33-21-9-3-10-22-33)42(35-25-13-5-14-26-35)36-27-15-6-16-28-36)41(34-23-11-4-12-24-34)43(37-29-17-7-18-30-37)38-31-19-8-20-32-38/h3-32,39-41H,2H2,1H3. The third-order valence-electron chi connectivity index (χ3n) is 8.26. The predicted molar refractivity (Wildman–Crippen MR) is 190 cm³/mol. The molecule has 6 aromatic carbocycles. The molecule has 0 saturated heterocycles. The van der Waals surface area contributed by atoms with Crippen molar-refractivity contribution in [3.8, 4) is 0 Å². The predicted octanol–water partition coefficient (Wildman–Crippen LogP) is 9.76. The van der Waals surface area contributed by atoms with Crippen LogP contribution in [0.15, 0.2) is 182 Å². The van der Waals surface area contributed by atoms with Crippen molar-refractivity contribution in [3.05, 3.63) is 193 Å². The average molecular weight is 593 g/mol. The summed E-state index contributed by atoms with van der Waals surface area (Å²) in [6, 6.07) is 67.9. The van der Waals surface area contributed by atoms with Crippen LogP contribution < -0.4 is 21.2 Å². The monoisotopic (exact) mass is 592 g/mol. The third-order valence-corrected chi connectivity index (χ3v) is 14.2. The molecule has 0 saturated carbocycles. The summed E-state index contributed by atoms with van der Waals surface area (Å²) in [7, 11) is -1.42. The van der Waals surface area contributed by atoms with Crippen LogP contribution in [0.5, 0.6) is 0 Å². The smallest absolute Gasteiger partial charge is 0.0160 e. The molecule has 0 amide bonds. The van der Waals surface area contributed by atoms with Crippen LogP contribution >= 0.6 is 15.8 Å². The molecule has 0 aliphatic heterocycles. The molecule has 6 aromatic rings. The number of hydrogen-bond acceptors (Lipinski definition) is 0. The Morgan fingerprint density at radius 3 is 0.814 bits per heavy atom. The van der Waals surface area contributed by atoms with E-state index in [0.29, 0.717) is 17.2 Å². The van der Waals surface area contributed by atoms with Crippen molar-refractivity contribution in [1.29, 1.82) is 0 Å². The van der Waals surface area contributed by atoms with Crippen molar-refractivity contribution in [3.63, 3.8) is 0 Å². The summed E-state index contributed by atoms with van der Waals surface area (Å²) in [6.45, 7) is 2.42. The Kier molecular flexibility index (Phi) is 9.92. The second-order valence-corrected chi connectivity index (χ2v) is 15.5.